The van der Waals surface area contributed by atoms with Crippen LogP contribution in [0.4, 0.5) is 23.2 Å². The molecule has 0 aliphatic carbocycles. The zero-order valence-corrected chi connectivity index (χ0v) is 19.8. The van der Waals surface area contributed by atoms with E-state index in [-0.39, 0.29) is 23.9 Å². The highest BCUT2D eigenvalue weighted by atomic mass is 35.5. The van der Waals surface area contributed by atoms with Crippen LogP contribution in [-0.4, -0.2) is 25.4 Å². The lowest BCUT2D eigenvalue weighted by atomic mass is 9.71. The number of nitrogens with two attached hydrogens (primary N) is 1. The van der Waals surface area contributed by atoms with Gasteiger partial charge in [-0.05, 0) is 60.2 Å². The lowest BCUT2D eigenvalue weighted by molar-refractivity contribution is -0.203. The van der Waals surface area contributed by atoms with Gasteiger partial charge in [0.2, 0.25) is 0 Å². The standard InChI is InChI=1S/C24H31ClF4N2O/c1-15(2)13-31-23(24(27,28)29,12-16-6-8-18(30)11-20(16)25)14-22(3,4)19-10-17(26)7-9-21(19)32-5/h6-11,15,31H,12-14,30H2,1-5H3. The Morgan fingerprint density at radius 3 is 2.28 bits per heavy atom. The summed E-state index contributed by atoms with van der Waals surface area (Å²) in [4.78, 5) is 0. The van der Waals surface area contributed by atoms with Gasteiger partial charge < -0.3 is 15.8 Å². The first-order chi connectivity index (χ1) is 14.7. The van der Waals surface area contributed by atoms with Gasteiger partial charge in [-0.15, -0.1) is 0 Å². The summed E-state index contributed by atoms with van der Waals surface area (Å²) in [5.41, 5.74) is 3.38. The van der Waals surface area contributed by atoms with Crippen molar-refractivity contribution in [2.75, 3.05) is 19.4 Å². The number of benzene rings is 2. The number of methoxy groups -OCH3 is 1. The molecule has 1 unspecified atom stereocenters. The summed E-state index contributed by atoms with van der Waals surface area (Å²) in [6.45, 7) is 7.14. The fraction of sp³-hybridized carbons (Fsp3) is 0.500. The Morgan fingerprint density at radius 1 is 1.09 bits per heavy atom. The average molecular weight is 475 g/mol. The summed E-state index contributed by atoms with van der Waals surface area (Å²) >= 11 is 6.26. The molecule has 178 valence electrons. The van der Waals surface area contributed by atoms with E-state index in [1.54, 1.807) is 13.8 Å². The zero-order chi connectivity index (χ0) is 24.3. The second-order valence-electron chi connectivity index (χ2n) is 9.29. The van der Waals surface area contributed by atoms with Crippen molar-refractivity contribution in [1.29, 1.82) is 0 Å². The van der Waals surface area contributed by atoms with Crippen LogP contribution in [0.3, 0.4) is 0 Å². The van der Waals surface area contributed by atoms with Crippen LogP contribution in [0.1, 0.15) is 45.2 Å². The van der Waals surface area contributed by atoms with E-state index in [4.69, 9.17) is 22.1 Å². The molecule has 2 rings (SSSR count). The van der Waals surface area contributed by atoms with Crippen LogP contribution in [0.2, 0.25) is 5.02 Å². The summed E-state index contributed by atoms with van der Waals surface area (Å²) in [7, 11) is 1.41. The third-order valence-corrected chi connectivity index (χ3v) is 5.95. The molecule has 8 heteroatoms. The summed E-state index contributed by atoms with van der Waals surface area (Å²) in [6.07, 6.45) is -5.38. The summed E-state index contributed by atoms with van der Waals surface area (Å²) < 4.78 is 63.8. The first kappa shape index (κ1) is 26.3. The lowest BCUT2D eigenvalue weighted by Gasteiger charge is -2.43. The number of alkyl halides is 3. The number of hydrogen-bond acceptors (Lipinski definition) is 3. The van der Waals surface area contributed by atoms with E-state index in [1.165, 1.54) is 43.5 Å². The molecule has 2 aromatic rings. The minimum absolute atomic E-state index is 0.0227. The van der Waals surface area contributed by atoms with Gasteiger partial charge in [0, 0.05) is 22.7 Å². The van der Waals surface area contributed by atoms with Gasteiger partial charge in [-0.1, -0.05) is 45.4 Å². The van der Waals surface area contributed by atoms with Crippen molar-refractivity contribution in [2.45, 2.75) is 57.7 Å². The summed E-state index contributed by atoms with van der Waals surface area (Å²) in [6, 6.07) is 8.39. The highest BCUT2D eigenvalue weighted by Crippen LogP contribution is 2.46. The van der Waals surface area contributed by atoms with Gasteiger partial charge in [-0.2, -0.15) is 13.2 Å². The van der Waals surface area contributed by atoms with Crippen LogP contribution < -0.4 is 15.8 Å². The van der Waals surface area contributed by atoms with Crippen LogP contribution in [0.25, 0.3) is 0 Å². The molecule has 3 nitrogen and oxygen atoms in total. The molecule has 32 heavy (non-hydrogen) atoms. The molecule has 0 saturated carbocycles. The van der Waals surface area contributed by atoms with E-state index < -0.39 is 29.4 Å². The molecule has 0 fully saturated rings. The van der Waals surface area contributed by atoms with Crippen molar-refractivity contribution in [2.24, 2.45) is 5.92 Å². The molecule has 0 heterocycles. The van der Waals surface area contributed by atoms with Crippen LogP contribution >= 0.6 is 11.6 Å². The molecule has 1 atom stereocenters. The Morgan fingerprint density at radius 2 is 1.75 bits per heavy atom. The van der Waals surface area contributed by atoms with E-state index in [0.717, 1.165) is 0 Å². The molecule has 0 aliphatic heterocycles. The first-order valence-electron chi connectivity index (χ1n) is 10.4. The number of halogens is 5. The maximum absolute atomic E-state index is 14.8. The summed E-state index contributed by atoms with van der Waals surface area (Å²) in [5, 5.41) is 2.96. The van der Waals surface area contributed by atoms with Crippen molar-refractivity contribution in [3.05, 3.63) is 58.4 Å². The average Bonchev–Trinajstić information content (AvgIpc) is 2.67. The minimum Gasteiger partial charge on any atom is -0.496 e. The maximum Gasteiger partial charge on any atom is 0.406 e. The van der Waals surface area contributed by atoms with E-state index in [2.05, 4.69) is 5.32 Å². The normalized spacial score (nSPS) is 14.5. The van der Waals surface area contributed by atoms with Crippen molar-refractivity contribution >= 4 is 17.3 Å². The molecule has 0 amide bonds. The van der Waals surface area contributed by atoms with Gasteiger partial charge in [0.25, 0.3) is 0 Å². The van der Waals surface area contributed by atoms with Gasteiger partial charge in [-0.3, -0.25) is 0 Å². The molecule has 0 bridgehead atoms. The topological polar surface area (TPSA) is 47.3 Å². The van der Waals surface area contributed by atoms with Gasteiger partial charge in [-0.25, -0.2) is 4.39 Å². The molecule has 0 saturated heterocycles. The van der Waals surface area contributed by atoms with E-state index in [0.29, 0.717) is 22.6 Å². The summed E-state index contributed by atoms with van der Waals surface area (Å²) in [5.74, 6) is -0.226. The molecule has 2 aromatic carbocycles. The van der Waals surface area contributed by atoms with E-state index in [1.807, 2.05) is 13.8 Å². The Labute approximate surface area is 192 Å². The number of rotatable bonds is 9. The quantitative estimate of drug-likeness (QED) is 0.321. The first-order valence-corrected chi connectivity index (χ1v) is 10.8. The van der Waals surface area contributed by atoms with Gasteiger partial charge in [0.1, 0.15) is 17.1 Å². The van der Waals surface area contributed by atoms with Gasteiger partial charge in [0.15, 0.2) is 0 Å². The Balaban J connectivity index is 2.61. The molecular formula is C24H31ClF4N2O. The SMILES string of the molecule is COc1ccc(F)cc1C(C)(C)CC(Cc1ccc(N)cc1Cl)(NCC(C)C)C(F)(F)F. The zero-order valence-electron chi connectivity index (χ0n) is 19.0. The van der Waals surface area contributed by atoms with Gasteiger partial charge >= 0.3 is 6.18 Å². The third kappa shape index (κ3) is 6.07. The molecule has 3 N–H and O–H groups in total. The number of ether oxygens (including phenoxy) is 1. The fourth-order valence-corrected chi connectivity index (χ4v) is 4.23. The lowest BCUT2D eigenvalue weighted by Crippen LogP contribution is -2.61. The molecule has 0 spiro atoms. The van der Waals surface area contributed by atoms with Crippen LogP contribution in [0, 0.1) is 11.7 Å². The van der Waals surface area contributed by atoms with Crippen LogP contribution in [0.15, 0.2) is 36.4 Å². The second kappa shape index (κ2) is 9.87. The molecular weight excluding hydrogens is 444 g/mol. The fourth-order valence-electron chi connectivity index (χ4n) is 3.98. The Kier molecular flexibility index (Phi) is 8.10. The molecule has 0 aromatic heterocycles. The largest absolute Gasteiger partial charge is 0.496 e. The van der Waals surface area contributed by atoms with E-state index >= 15 is 0 Å². The second-order valence-corrected chi connectivity index (χ2v) is 9.69. The molecule has 0 radical (unpaired) electrons. The number of anilines is 1. The monoisotopic (exact) mass is 474 g/mol. The highest BCUT2D eigenvalue weighted by molar-refractivity contribution is 6.31. The number of hydrogen-bond donors (Lipinski definition) is 2. The van der Waals surface area contributed by atoms with Crippen LogP contribution in [-0.2, 0) is 11.8 Å². The van der Waals surface area contributed by atoms with Crippen molar-refractivity contribution in [3.63, 3.8) is 0 Å². The maximum atomic E-state index is 14.8. The number of nitrogens with one attached hydrogen (secondary N) is 1. The predicted octanol–water partition coefficient (Wildman–Crippen LogP) is 6.53. The van der Waals surface area contributed by atoms with Crippen LogP contribution in [0.5, 0.6) is 5.75 Å². The smallest absolute Gasteiger partial charge is 0.406 e. The number of nitrogen functional groups attached to an aromatic ring is 1. The minimum atomic E-state index is -4.62. The van der Waals surface area contributed by atoms with E-state index in [9.17, 15) is 17.6 Å². The van der Waals surface area contributed by atoms with Crippen molar-refractivity contribution in [3.8, 4) is 5.75 Å². The molecule has 0 aliphatic rings. The predicted molar refractivity (Wildman–Crippen MR) is 122 cm³/mol. The highest BCUT2D eigenvalue weighted by Gasteiger charge is 2.57. The van der Waals surface area contributed by atoms with Crippen molar-refractivity contribution in [1.82, 2.24) is 5.32 Å². The van der Waals surface area contributed by atoms with Crippen molar-refractivity contribution < 1.29 is 22.3 Å². The third-order valence-electron chi connectivity index (χ3n) is 5.60. The van der Waals surface area contributed by atoms with Gasteiger partial charge in [0.05, 0.1) is 7.11 Å². The Hall–Kier alpha value is -1.99. The Bertz CT molecular complexity index is 931.